The van der Waals surface area contributed by atoms with E-state index in [0.29, 0.717) is 6.17 Å². The van der Waals surface area contributed by atoms with E-state index < -0.39 is 5.97 Å². The molecular formula is C10H21N3O2. The number of aliphatic carboxylic acids is 1. The van der Waals surface area contributed by atoms with E-state index in [1.165, 1.54) is 0 Å². The molecule has 1 fully saturated rings. The maximum absolute atomic E-state index is 10.8. The first kappa shape index (κ1) is 12.4. The zero-order valence-electron chi connectivity index (χ0n) is 9.97. The number of hydrogen-bond donors (Lipinski definition) is 1. The highest BCUT2D eigenvalue weighted by molar-refractivity contribution is 5.67. The summed E-state index contributed by atoms with van der Waals surface area (Å²) in [4.78, 5) is 17.2. The Morgan fingerprint density at radius 3 is 2.53 bits per heavy atom. The Morgan fingerprint density at radius 2 is 2.07 bits per heavy atom. The van der Waals surface area contributed by atoms with Crippen LogP contribution >= 0.6 is 0 Å². The first-order valence-corrected chi connectivity index (χ1v) is 5.24. The van der Waals surface area contributed by atoms with Gasteiger partial charge in [0.15, 0.2) is 0 Å². The van der Waals surface area contributed by atoms with Crippen LogP contribution in [0.4, 0.5) is 0 Å². The van der Waals surface area contributed by atoms with Gasteiger partial charge in [-0.2, -0.15) is 0 Å². The van der Waals surface area contributed by atoms with Gasteiger partial charge in [0, 0.05) is 6.54 Å². The summed E-state index contributed by atoms with van der Waals surface area (Å²) in [5.41, 5.74) is 0. The molecule has 0 aliphatic carbocycles. The van der Waals surface area contributed by atoms with E-state index in [0.717, 1.165) is 13.0 Å². The molecule has 0 aromatic heterocycles. The summed E-state index contributed by atoms with van der Waals surface area (Å²) in [5.74, 6) is -0.738. The SMILES string of the molecule is CN(C)C1CCN(C)C(CC(=O)O)N1C. The van der Waals surface area contributed by atoms with Crippen LogP contribution in [0.1, 0.15) is 12.8 Å². The summed E-state index contributed by atoms with van der Waals surface area (Å²) in [7, 11) is 8.04. The van der Waals surface area contributed by atoms with Gasteiger partial charge >= 0.3 is 5.97 Å². The van der Waals surface area contributed by atoms with Crippen molar-refractivity contribution in [3.8, 4) is 0 Å². The van der Waals surface area contributed by atoms with Crippen LogP contribution in [-0.4, -0.2) is 72.8 Å². The zero-order chi connectivity index (χ0) is 11.6. The molecule has 1 heterocycles. The molecule has 5 heteroatoms. The molecule has 0 bridgehead atoms. The first-order chi connectivity index (χ1) is 6.93. The third-order valence-electron chi connectivity index (χ3n) is 3.14. The van der Waals surface area contributed by atoms with Gasteiger partial charge in [-0.1, -0.05) is 0 Å². The molecule has 88 valence electrons. The largest absolute Gasteiger partial charge is 0.481 e. The fourth-order valence-electron chi connectivity index (χ4n) is 2.26. The van der Waals surface area contributed by atoms with Crippen molar-refractivity contribution in [2.45, 2.75) is 25.2 Å². The Hall–Kier alpha value is -0.650. The minimum atomic E-state index is -0.738. The van der Waals surface area contributed by atoms with Crippen molar-refractivity contribution >= 4 is 5.97 Å². The van der Waals surface area contributed by atoms with Gasteiger partial charge in [-0.05, 0) is 34.6 Å². The van der Waals surface area contributed by atoms with Crippen molar-refractivity contribution in [1.82, 2.24) is 14.7 Å². The molecule has 0 saturated carbocycles. The summed E-state index contributed by atoms with van der Waals surface area (Å²) in [6.07, 6.45) is 1.57. The number of carboxylic acids is 1. The number of carbonyl (C=O) groups is 1. The summed E-state index contributed by atoms with van der Waals surface area (Å²) in [6.45, 7) is 0.950. The van der Waals surface area contributed by atoms with Crippen LogP contribution in [0.15, 0.2) is 0 Å². The van der Waals surface area contributed by atoms with Crippen molar-refractivity contribution < 1.29 is 9.90 Å². The minimum absolute atomic E-state index is 0.00338. The van der Waals surface area contributed by atoms with Crippen molar-refractivity contribution in [2.75, 3.05) is 34.7 Å². The average molecular weight is 215 g/mol. The van der Waals surface area contributed by atoms with E-state index in [1.54, 1.807) is 0 Å². The number of hydrogen-bond acceptors (Lipinski definition) is 4. The van der Waals surface area contributed by atoms with Gasteiger partial charge in [0.25, 0.3) is 0 Å². The molecule has 1 saturated heterocycles. The molecule has 0 spiro atoms. The molecule has 2 unspecified atom stereocenters. The molecular weight excluding hydrogens is 194 g/mol. The highest BCUT2D eigenvalue weighted by Gasteiger charge is 2.33. The second-order valence-corrected chi connectivity index (χ2v) is 4.46. The van der Waals surface area contributed by atoms with Gasteiger partial charge in [0.1, 0.15) is 0 Å². The Bertz CT molecular complexity index is 233. The van der Waals surface area contributed by atoms with E-state index >= 15 is 0 Å². The second kappa shape index (κ2) is 4.92. The van der Waals surface area contributed by atoms with Crippen LogP contribution < -0.4 is 0 Å². The maximum Gasteiger partial charge on any atom is 0.306 e. The molecule has 0 aromatic carbocycles. The fourth-order valence-corrected chi connectivity index (χ4v) is 2.26. The van der Waals surface area contributed by atoms with Crippen LogP contribution in [0.25, 0.3) is 0 Å². The lowest BCUT2D eigenvalue weighted by Crippen LogP contribution is -2.59. The number of nitrogens with zero attached hydrogens (tertiary/aromatic N) is 3. The zero-order valence-corrected chi connectivity index (χ0v) is 9.97. The van der Waals surface area contributed by atoms with Crippen molar-refractivity contribution in [3.05, 3.63) is 0 Å². The summed E-state index contributed by atoms with van der Waals surface area (Å²) in [6, 6.07) is 0. The summed E-state index contributed by atoms with van der Waals surface area (Å²) >= 11 is 0. The van der Waals surface area contributed by atoms with Gasteiger partial charge in [0.2, 0.25) is 0 Å². The predicted octanol–water partition coefficient (Wildman–Crippen LogP) is -0.0578. The smallest absolute Gasteiger partial charge is 0.306 e. The highest BCUT2D eigenvalue weighted by Crippen LogP contribution is 2.20. The van der Waals surface area contributed by atoms with E-state index in [4.69, 9.17) is 5.11 Å². The molecule has 1 aliphatic rings. The quantitative estimate of drug-likeness (QED) is 0.715. The van der Waals surface area contributed by atoms with Gasteiger partial charge in [-0.25, -0.2) is 0 Å². The molecule has 1 aliphatic heterocycles. The summed E-state index contributed by atoms with van der Waals surface area (Å²) < 4.78 is 0. The van der Waals surface area contributed by atoms with Crippen molar-refractivity contribution in [1.29, 1.82) is 0 Å². The Labute approximate surface area is 91.3 Å². The van der Waals surface area contributed by atoms with Crippen LogP contribution in [0.3, 0.4) is 0 Å². The van der Waals surface area contributed by atoms with E-state index in [2.05, 4.69) is 14.7 Å². The standard InChI is InChI=1S/C10H21N3O2/c1-11(2)8-5-6-12(3)9(13(8)4)7-10(14)15/h8-9H,5-7H2,1-4H3,(H,14,15). The van der Waals surface area contributed by atoms with Crippen LogP contribution in [0, 0.1) is 0 Å². The molecule has 0 radical (unpaired) electrons. The number of rotatable bonds is 3. The monoisotopic (exact) mass is 215 g/mol. The normalized spacial score (nSPS) is 29.7. The lowest BCUT2D eigenvalue weighted by atomic mass is 10.1. The van der Waals surface area contributed by atoms with Gasteiger partial charge in [-0.3, -0.25) is 19.5 Å². The lowest BCUT2D eigenvalue weighted by molar-refractivity contribution is -0.143. The fraction of sp³-hybridized carbons (Fsp3) is 0.900. The van der Waals surface area contributed by atoms with E-state index in [9.17, 15) is 4.79 Å². The molecule has 1 rings (SSSR count). The predicted molar refractivity (Wildman–Crippen MR) is 58.5 cm³/mol. The van der Waals surface area contributed by atoms with Crippen LogP contribution in [0.5, 0.6) is 0 Å². The van der Waals surface area contributed by atoms with Gasteiger partial charge in [0.05, 0.1) is 18.8 Å². The third kappa shape index (κ3) is 2.90. The van der Waals surface area contributed by atoms with Crippen molar-refractivity contribution in [3.63, 3.8) is 0 Å². The molecule has 2 atom stereocenters. The highest BCUT2D eigenvalue weighted by atomic mass is 16.4. The van der Waals surface area contributed by atoms with Crippen molar-refractivity contribution in [2.24, 2.45) is 0 Å². The van der Waals surface area contributed by atoms with Crippen LogP contribution in [-0.2, 0) is 4.79 Å². The lowest BCUT2D eigenvalue weighted by Gasteiger charge is -2.47. The molecule has 15 heavy (non-hydrogen) atoms. The summed E-state index contributed by atoms with van der Waals surface area (Å²) in [5, 5.41) is 8.86. The Kier molecular flexibility index (Phi) is 4.07. The molecule has 1 N–H and O–H groups in total. The Morgan fingerprint density at radius 1 is 1.47 bits per heavy atom. The number of carboxylic acid groups (broad SMARTS) is 1. The van der Waals surface area contributed by atoms with Gasteiger partial charge < -0.3 is 5.11 Å². The first-order valence-electron chi connectivity index (χ1n) is 5.24. The third-order valence-corrected chi connectivity index (χ3v) is 3.14. The molecule has 5 nitrogen and oxygen atoms in total. The Balaban J connectivity index is 2.69. The van der Waals surface area contributed by atoms with E-state index in [-0.39, 0.29) is 12.6 Å². The van der Waals surface area contributed by atoms with Gasteiger partial charge in [-0.15, -0.1) is 0 Å². The topological polar surface area (TPSA) is 47.0 Å². The molecule has 0 aromatic rings. The van der Waals surface area contributed by atoms with Crippen LogP contribution in [0.2, 0.25) is 0 Å². The second-order valence-electron chi connectivity index (χ2n) is 4.46. The average Bonchev–Trinajstić information content (AvgIpc) is 2.11. The maximum atomic E-state index is 10.8. The van der Waals surface area contributed by atoms with E-state index in [1.807, 2.05) is 28.2 Å². The minimum Gasteiger partial charge on any atom is -0.481 e. The molecule has 0 amide bonds.